The third-order valence-corrected chi connectivity index (χ3v) is 2.38. The fourth-order valence-electron chi connectivity index (χ4n) is 1.25. The second kappa shape index (κ2) is 10.8. The van der Waals surface area contributed by atoms with Gasteiger partial charge in [-0.05, 0) is 41.0 Å². The zero-order valence-electron chi connectivity index (χ0n) is 12.8. The van der Waals surface area contributed by atoms with E-state index in [1.807, 2.05) is 0 Å². The van der Waals surface area contributed by atoms with Crippen molar-refractivity contribution in [3.8, 4) is 0 Å². The minimum atomic E-state index is 0. The van der Waals surface area contributed by atoms with Crippen LogP contribution >= 0.6 is 24.0 Å². The molecule has 0 radical (unpaired) electrons. The van der Waals surface area contributed by atoms with Crippen molar-refractivity contribution in [3.63, 3.8) is 0 Å². The summed E-state index contributed by atoms with van der Waals surface area (Å²) in [7, 11) is 0. The van der Waals surface area contributed by atoms with E-state index in [-0.39, 0.29) is 29.5 Å². The Hall–Kier alpha value is -0.0400. The van der Waals surface area contributed by atoms with E-state index in [4.69, 9.17) is 0 Å². The van der Waals surface area contributed by atoms with Crippen molar-refractivity contribution in [2.45, 2.75) is 59.5 Å². The minimum absolute atomic E-state index is 0. The predicted octanol–water partition coefficient (Wildman–Crippen LogP) is 2.35. The number of hydrogen-bond donors (Lipinski definition) is 3. The minimum Gasteiger partial charge on any atom is -0.357 e. The maximum atomic E-state index is 4.54. The molecule has 4 nitrogen and oxygen atoms in total. The van der Waals surface area contributed by atoms with Crippen LogP contribution in [0.5, 0.6) is 0 Å². The summed E-state index contributed by atoms with van der Waals surface area (Å²) in [4.78, 5) is 4.54. The second-order valence-electron chi connectivity index (χ2n) is 5.39. The molecule has 0 fully saturated rings. The van der Waals surface area contributed by atoms with Crippen LogP contribution in [0.2, 0.25) is 0 Å². The lowest BCUT2D eigenvalue weighted by Crippen LogP contribution is -2.43. The lowest BCUT2D eigenvalue weighted by atomic mass is 10.1. The SMILES string of the molecule is CCNC(=NCCNC(C)(C)C)NC(C)CC.I. The molecule has 0 aromatic rings. The lowest BCUT2D eigenvalue weighted by Gasteiger charge is -2.20. The fourth-order valence-corrected chi connectivity index (χ4v) is 1.25. The highest BCUT2D eigenvalue weighted by Gasteiger charge is 2.07. The monoisotopic (exact) mass is 370 g/mol. The highest BCUT2D eigenvalue weighted by molar-refractivity contribution is 14.0. The van der Waals surface area contributed by atoms with E-state index in [0.29, 0.717) is 6.04 Å². The fraction of sp³-hybridized carbons (Fsp3) is 0.923. The molecule has 0 bridgehead atoms. The number of rotatable bonds is 6. The van der Waals surface area contributed by atoms with Gasteiger partial charge in [-0.25, -0.2) is 0 Å². The molecule has 3 N–H and O–H groups in total. The van der Waals surface area contributed by atoms with Gasteiger partial charge in [0.2, 0.25) is 0 Å². The number of hydrogen-bond acceptors (Lipinski definition) is 2. The molecular formula is C13H31IN4. The molecule has 0 spiro atoms. The first-order valence-electron chi connectivity index (χ1n) is 6.69. The first-order chi connectivity index (χ1) is 7.89. The van der Waals surface area contributed by atoms with Crippen molar-refractivity contribution in [2.75, 3.05) is 19.6 Å². The molecule has 18 heavy (non-hydrogen) atoms. The maximum absolute atomic E-state index is 4.54. The van der Waals surface area contributed by atoms with Gasteiger partial charge in [-0.1, -0.05) is 6.92 Å². The van der Waals surface area contributed by atoms with Gasteiger partial charge < -0.3 is 16.0 Å². The molecule has 0 aromatic heterocycles. The quantitative estimate of drug-likeness (QED) is 0.291. The van der Waals surface area contributed by atoms with E-state index >= 15 is 0 Å². The molecule has 0 aliphatic carbocycles. The molecule has 1 unspecified atom stereocenters. The summed E-state index contributed by atoms with van der Waals surface area (Å²) in [5, 5.41) is 10.1. The van der Waals surface area contributed by atoms with Gasteiger partial charge in [0.1, 0.15) is 0 Å². The van der Waals surface area contributed by atoms with Crippen LogP contribution in [0.15, 0.2) is 4.99 Å². The summed E-state index contributed by atoms with van der Waals surface area (Å²) in [5.41, 5.74) is 0.165. The zero-order chi connectivity index (χ0) is 13.3. The Morgan fingerprint density at radius 1 is 1.22 bits per heavy atom. The Labute approximate surface area is 130 Å². The molecule has 5 heteroatoms. The molecule has 0 saturated heterocycles. The van der Waals surface area contributed by atoms with Gasteiger partial charge in [0, 0.05) is 24.7 Å². The molecule has 0 heterocycles. The average Bonchev–Trinajstić information content (AvgIpc) is 2.23. The van der Waals surface area contributed by atoms with Crippen molar-refractivity contribution < 1.29 is 0 Å². The second-order valence-corrected chi connectivity index (χ2v) is 5.39. The Bertz CT molecular complexity index is 224. The highest BCUT2D eigenvalue weighted by atomic mass is 127. The normalized spacial score (nSPS) is 13.8. The van der Waals surface area contributed by atoms with Crippen LogP contribution in [0.3, 0.4) is 0 Å². The van der Waals surface area contributed by atoms with Gasteiger partial charge in [0.05, 0.1) is 6.54 Å². The van der Waals surface area contributed by atoms with Gasteiger partial charge in [0.25, 0.3) is 0 Å². The Morgan fingerprint density at radius 3 is 2.28 bits per heavy atom. The van der Waals surface area contributed by atoms with E-state index in [0.717, 1.165) is 32.0 Å². The summed E-state index contributed by atoms with van der Waals surface area (Å²) < 4.78 is 0. The van der Waals surface area contributed by atoms with Crippen molar-refractivity contribution >= 4 is 29.9 Å². The summed E-state index contributed by atoms with van der Waals surface area (Å²) in [6.45, 7) is 15.5. The smallest absolute Gasteiger partial charge is 0.191 e. The van der Waals surface area contributed by atoms with E-state index < -0.39 is 0 Å². The molecule has 0 aromatic carbocycles. The van der Waals surface area contributed by atoms with E-state index in [9.17, 15) is 0 Å². The van der Waals surface area contributed by atoms with Crippen molar-refractivity contribution in [1.82, 2.24) is 16.0 Å². The van der Waals surface area contributed by atoms with Gasteiger partial charge >= 0.3 is 0 Å². The van der Waals surface area contributed by atoms with Gasteiger partial charge in [-0.2, -0.15) is 0 Å². The molecule has 0 rings (SSSR count). The van der Waals surface area contributed by atoms with Gasteiger partial charge in [0.15, 0.2) is 5.96 Å². The molecule has 0 aliphatic heterocycles. The third kappa shape index (κ3) is 12.4. The van der Waals surface area contributed by atoms with Crippen LogP contribution in [0, 0.1) is 0 Å². The standard InChI is InChI=1S/C13H30N4.HI/c1-7-11(3)17-12(14-8-2)15-9-10-16-13(4,5)6;/h11,16H,7-10H2,1-6H3,(H2,14,15,17);1H. The van der Waals surface area contributed by atoms with Gasteiger partial charge in [-0.3, -0.25) is 4.99 Å². The summed E-state index contributed by atoms with van der Waals surface area (Å²) in [6, 6.07) is 0.461. The molecule has 0 saturated carbocycles. The molecule has 0 aliphatic rings. The molecule has 110 valence electrons. The van der Waals surface area contributed by atoms with Crippen LogP contribution in [-0.4, -0.2) is 37.2 Å². The van der Waals surface area contributed by atoms with Crippen LogP contribution in [0.4, 0.5) is 0 Å². The van der Waals surface area contributed by atoms with Crippen LogP contribution in [0.25, 0.3) is 0 Å². The highest BCUT2D eigenvalue weighted by Crippen LogP contribution is 1.96. The van der Waals surface area contributed by atoms with Crippen molar-refractivity contribution in [3.05, 3.63) is 0 Å². The van der Waals surface area contributed by atoms with Crippen LogP contribution in [0.1, 0.15) is 48.0 Å². The van der Waals surface area contributed by atoms with E-state index in [1.54, 1.807) is 0 Å². The first-order valence-corrected chi connectivity index (χ1v) is 6.69. The zero-order valence-corrected chi connectivity index (χ0v) is 15.1. The number of guanidine groups is 1. The Kier molecular flexibility index (Phi) is 12.2. The van der Waals surface area contributed by atoms with Crippen molar-refractivity contribution in [1.29, 1.82) is 0 Å². The number of aliphatic imine (C=N–C) groups is 1. The summed E-state index contributed by atoms with van der Waals surface area (Å²) >= 11 is 0. The van der Waals surface area contributed by atoms with Crippen molar-refractivity contribution in [2.24, 2.45) is 4.99 Å². The molecular weight excluding hydrogens is 339 g/mol. The maximum Gasteiger partial charge on any atom is 0.191 e. The molecule has 0 amide bonds. The Balaban J connectivity index is 0. The number of halogens is 1. The topological polar surface area (TPSA) is 48.5 Å². The largest absolute Gasteiger partial charge is 0.357 e. The summed E-state index contributed by atoms with van der Waals surface area (Å²) in [5.74, 6) is 0.914. The summed E-state index contributed by atoms with van der Waals surface area (Å²) in [6.07, 6.45) is 1.10. The Morgan fingerprint density at radius 2 is 1.83 bits per heavy atom. The molecule has 1 atom stereocenters. The van der Waals surface area contributed by atoms with E-state index in [1.165, 1.54) is 0 Å². The van der Waals surface area contributed by atoms with Gasteiger partial charge in [-0.15, -0.1) is 24.0 Å². The van der Waals surface area contributed by atoms with Crippen LogP contribution in [-0.2, 0) is 0 Å². The lowest BCUT2D eigenvalue weighted by molar-refractivity contribution is 0.432. The van der Waals surface area contributed by atoms with E-state index in [2.05, 4.69) is 62.5 Å². The van der Waals surface area contributed by atoms with Crippen LogP contribution < -0.4 is 16.0 Å². The number of nitrogens with one attached hydrogen (secondary N) is 3. The first kappa shape index (κ1) is 20.3. The number of nitrogens with zero attached hydrogens (tertiary/aromatic N) is 1. The predicted molar refractivity (Wildman–Crippen MR) is 92.0 cm³/mol. The average molecular weight is 370 g/mol. The third-order valence-electron chi connectivity index (χ3n) is 2.38.